The van der Waals surface area contributed by atoms with Crippen LogP contribution in [0, 0.1) is 5.82 Å². The molecule has 1 saturated heterocycles. The largest absolute Gasteiger partial charge is 0.371 e. The van der Waals surface area contributed by atoms with Crippen LogP contribution in [0.2, 0.25) is 0 Å². The molecule has 3 rings (SSSR count). The Bertz CT molecular complexity index is 621. The molecule has 0 aromatic heterocycles. The number of morpholine rings is 1. The van der Waals surface area contributed by atoms with Gasteiger partial charge in [0.1, 0.15) is 5.82 Å². The van der Waals surface area contributed by atoms with Crippen LogP contribution in [-0.4, -0.2) is 48.6 Å². The zero-order valence-corrected chi connectivity index (χ0v) is 13.6. The van der Waals surface area contributed by atoms with Gasteiger partial charge in [-0.15, -0.1) is 0 Å². The average molecular weight is 335 g/mol. The Balaban J connectivity index is 1.56. The van der Waals surface area contributed by atoms with E-state index in [4.69, 9.17) is 4.74 Å². The first-order chi connectivity index (χ1) is 11.5. The first-order valence-corrected chi connectivity index (χ1v) is 8.25. The number of amides is 3. The summed E-state index contributed by atoms with van der Waals surface area (Å²) in [5, 5.41) is 5.11. The van der Waals surface area contributed by atoms with Crippen LogP contribution in [0.25, 0.3) is 0 Å². The van der Waals surface area contributed by atoms with Crippen molar-refractivity contribution in [3.63, 3.8) is 0 Å². The number of carbonyl (C=O) groups is 2. The minimum atomic E-state index is -0.463. The lowest BCUT2D eigenvalue weighted by atomic mass is 10.1. The fourth-order valence-electron chi connectivity index (χ4n) is 2.76. The lowest BCUT2D eigenvalue weighted by Gasteiger charge is -2.36. The van der Waals surface area contributed by atoms with Gasteiger partial charge in [-0.2, -0.15) is 0 Å². The van der Waals surface area contributed by atoms with Crippen LogP contribution >= 0.6 is 0 Å². The third-order valence-electron chi connectivity index (χ3n) is 4.39. The summed E-state index contributed by atoms with van der Waals surface area (Å²) in [6, 6.07) is 5.59. The average Bonchev–Trinajstić information content (AvgIpc) is 3.38. The predicted molar refractivity (Wildman–Crippen MR) is 85.8 cm³/mol. The summed E-state index contributed by atoms with van der Waals surface area (Å²) in [5.74, 6) is -0.649. The molecule has 130 valence electrons. The summed E-state index contributed by atoms with van der Waals surface area (Å²) >= 11 is 0. The number of benzene rings is 1. The minimum absolute atomic E-state index is 0.203. The van der Waals surface area contributed by atoms with Crippen LogP contribution in [-0.2, 0) is 9.53 Å². The highest BCUT2D eigenvalue weighted by Crippen LogP contribution is 2.24. The SMILES string of the molecule is CC(C(=O)NC(=O)NC1CC1)N1CCOC(c2cccc(F)c2)C1. The maximum atomic E-state index is 13.4. The van der Waals surface area contributed by atoms with E-state index < -0.39 is 12.1 Å². The molecule has 6 nitrogen and oxygen atoms in total. The Morgan fingerprint density at radius 1 is 1.38 bits per heavy atom. The number of urea groups is 1. The van der Waals surface area contributed by atoms with Crippen molar-refractivity contribution in [2.75, 3.05) is 19.7 Å². The Kier molecular flexibility index (Phi) is 5.11. The number of nitrogens with zero attached hydrogens (tertiary/aromatic N) is 1. The fourth-order valence-corrected chi connectivity index (χ4v) is 2.76. The molecule has 1 aromatic carbocycles. The summed E-state index contributed by atoms with van der Waals surface area (Å²) in [7, 11) is 0. The standard InChI is InChI=1S/C17H22FN3O3/c1-11(16(22)20-17(23)19-14-5-6-14)21-7-8-24-15(10-21)12-3-2-4-13(18)9-12/h2-4,9,11,14-15H,5-8,10H2,1H3,(H2,19,20,22,23). The predicted octanol–water partition coefficient (Wildman–Crippen LogP) is 1.58. The number of halogens is 1. The topological polar surface area (TPSA) is 70.7 Å². The van der Waals surface area contributed by atoms with Crippen LogP contribution in [0.3, 0.4) is 0 Å². The normalized spacial score (nSPS) is 22.7. The summed E-state index contributed by atoms with van der Waals surface area (Å²) in [4.78, 5) is 25.9. The Labute approximate surface area is 140 Å². The smallest absolute Gasteiger partial charge is 0.321 e. The fraction of sp³-hybridized carbons (Fsp3) is 0.529. The number of hydrogen-bond acceptors (Lipinski definition) is 4. The second-order valence-electron chi connectivity index (χ2n) is 6.32. The molecule has 2 fully saturated rings. The molecule has 1 aliphatic carbocycles. The molecule has 1 heterocycles. The Morgan fingerprint density at radius 2 is 2.17 bits per heavy atom. The van der Waals surface area contributed by atoms with Crippen LogP contribution in [0.15, 0.2) is 24.3 Å². The van der Waals surface area contributed by atoms with E-state index in [9.17, 15) is 14.0 Å². The maximum absolute atomic E-state index is 13.4. The van der Waals surface area contributed by atoms with Gasteiger partial charge in [0.15, 0.2) is 0 Å². The van der Waals surface area contributed by atoms with Crippen molar-refractivity contribution in [3.05, 3.63) is 35.6 Å². The number of nitrogens with one attached hydrogen (secondary N) is 2. The molecular formula is C17H22FN3O3. The van der Waals surface area contributed by atoms with Gasteiger partial charge in [-0.25, -0.2) is 9.18 Å². The molecule has 2 atom stereocenters. The van der Waals surface area contributed by atoms with Crippen LogP contribution in [0.5, 0.6) is 0 Å². The van der Waals surface area contributed by atoms with Crippen LogP contribution in [0.4, 0.5) is 9.18 Å². The maximum Gasteiger partial charge on any atom is 0.321 e. The van der Waals surface area contributed by atoms with Crippen LogP contribution in [0.1, 0.15) is 31.4 Å². The first kappa shape index (κ1) is 16.9. The first-order valence-electron chi connectivity index (χ1n) is 8.25. The van der Waals surface area contributed by atoms with E-state index in [1.807, 2.05) is 11.0 Å². The van der Waals surface area contributed by atoms with Gasteiger partial charge in [0, 0.05) is 19.1 Å². The molecule has 0 radical (unpaired) electrons. The van der Waals surface area contributed by atoms with Crippen molar-refractivity contribution >= 4 is 11.9 Å². The van der Waals surface area contributed by atoms with Gasteiger partial charge in [0.25, 0.3) is 0 Å². The Hall–Kier alpha value is -1.99. The molecule has 2 aliphatic rings. The molecule has 2 N–H and O–H groups in total. The molecule has 2 unspecified atom stereocenters. The molecule has 7 heteroatoms. The number of hydrogen-bond donors (Lipinski definition) is 2. The second-order valence-corrected chi connectivity index (χ2v) is 6.32. The zero-order chi connectivity index (χ0) is 17.1. The highest BCUT2D eigenvalue weighted by atomic mass is 19.1. The van der Waals surface area contributed by atoms with Gasteiger partial charge in [-0.05, 0) is 37.5 Å². The molecule has 0 bridgehead atoms. The number of imide groups is 1. The molecule has 1 saturated carbocycles. The molecule has 0 spiro atoms. The number of ether oxygens (including phenoxy) is 1. The quantitative estimate of drug-likeness (QED) is 0.876. The van der Waals surface area contributed by atoms with E-state index >= 15 is 0 Å². The molecule has 24 heavy (non-hydrogen) atoms. The lowest BCUT2D eigenvalue weighted by Crippen LogP contribution is -2.53. The van der Waals surface area contributed by atoms with E-state index in [1.165, 1.54) is 12.1 Å². The Morgan fingerprint density at radius 3 is 2.88 bits per heavy atom. The highest BCUT2D eigenvalue weighted by molar-refractivity contribution is 5.97. The van der Waals surface area contributed by atoms with Crippen molar-refractivity contribution in [2.24, 2.45) is 0 Å². The van der Waals surface area contributed by atoms with E-state index in [-0.39, 0.29) is 23.9 Å². The number of rotatable bonds is 4. The van der Waals surface area contributed by atoms with Gasteiger partial charge in [-0.3, -0.25) is 15.0 Å². The highest BCUT2D eigenvalue weighted by Gasteiger charge is 2.30. The monoisotopic (exact) mass is 335 g/mol. The van der Waals surface area contributed by atoms with E-state index in [2.05, 4.69) is 10.6 Å². The van der Waals surface area contributed by atoms with Gasteiger partial charge >= 0.3 is 6.03 Å². The zero-order valence-electron chi connectivity index (χ0n) is 13.6. The van der Waals surface area contributed by atoms with Crippen molar-refractivity contribution in [3.8, 4) is 0 Å². The molecule has 1 aromatic rings. The van der Waals surface area contributed by atoms with Crippen molar-refractivity contribution in [2.45, 2.75) is 38.0 Å². The van der Waals surface area contributed by atoms with E-state index in [0.29, 0.717) is 19.7 Å². The minimum Gasteiger partial charge on any atom is -0.371 e. The van der Waals surface area contributed by atoms with Gasteiger partial charge in [-0.1, -0.05) is 12.1 Å². The summed E-state index contributed by atoms with van der Waals surface area (Å²) < 4.78 is 19.1. The second kappa shape index (κ2) is 7.27. The lowest BCUT2D eigenvalue weighted by molar-refractivity contribution is -0.128. The summed E-state index contributed by atoms with van der Waals surface area (Å²) in [6.45, 7) is 3.27. The van der Waals surface area contributed by atoms with Gasteiger partial charge < -0.3 is 10.1 Å². The summed E-state index contributed by atoms with van der Waals surface area (Å²) in [6.07, 6.45) is 1.65. The molecular weight excluding hydrogens is 313 g/mol. The van der Waals surface area contributed by atoms with Crippen molar-refractivity contribution < 1.29 is 18.7 Å². The third-order valence-corrected chi connectivity index (χ3v) is 4.39. The van der Waals surface area contributed by atoms with Crippen LogP contribution < -0.4 is 10.6 Å². The number of carbonyl (C=O) groups excluding carboxylic acids is 2. The van der Waals surface area contributed by atoms with Crippen molar-refractivity contribution in [1.82, 2.24) is 15.5 Å². The van der Waals surface area contributed by atoms with E-state index in [1.54, 1.807) is 13.0 Å². The van der Waals surface area contributed by atoms with Crippen molar-refractivity contribution in [1.29, 1.82) is 0 Å². The molecule has 3 amide bonds. The van der Waals surface area contributed by atoms with Gasteiger partial charge in [0.2, 0.25) is 5.91 Å². The van der Waals surface area contributed by atoms with E-state index in [0.717, 1.165) is 18.4 Å². The van der Waals surface area contributed by atoms with Gasteiger partial charge in [0.05, 0.1) is 18.8 Å². The molecule has 1 aliphatic heterocycles. The third kappa shape index (κ3) is 4.30. The summed E-state index contributed by atoms with van der Waals surface area (Å²) in [5.41, 5.74) is 0.749.